The maximum atomic E-state index is 13.7. The van der Waals surface area contributed by atoms with Crippen molar-refractivity contribution >= 4 is 45.7 Å². The molecule has 0 saturated carbocycles. The number of nitrogens with zero attached hydrogens (tertiary/aromatic N) is 3. The Morgan fingerprint density at radius 3 is 2.64 bits per heavy atom. The Kier molecular flexibility index (Phi) is 6.91. The number of hydrogen-bond donors (Lipinski definition) is 1. The van der Waals surface area contributed by atoms with Crippen molar-refractivity contribution in [3.05, 3.63) is 101 Å². The number of carbonyl (C=O) groups excluding carboxylic acids is 2. The zero-order valence-electron chi connectivity index (χ0n) is 20.4. The van der Waals surface area contributed by atoms with Gasteiger partial charge in [-0.15, -0.1) is 0 Å². The maximum Gasteiger partial charge on any atom is 0.268 e. The minimum atomic E-state index is -0.0697. The Balaban J connectivity index is 1.54. The number of aliphatic imine (C=N–C) groups is 1. The number of Topliss-reactive ketones (excluding diaryl/α,β-unsaturated/α-hetero) is 1. The summed E-state index contributed by atoms with van der Waals surface area (Å²) in [5, 5.41) is 3.92. The SMILES string of the molecule is CCNc1ccc(C(C)=O)cc1/N=C1/S/C(=C\N2CCc3ccccc32)C(=O)N1Cc1ccccc1. The van der Waals surface area contributed by atoms with E-state index in [9.17, 15) is 9.59 Å². The summed E-state index contributed by atoms with van der Waals surface area (Å²) in [4.78, 5) is 35.1. The van der Waals surface area contributed by atoms with E-state index in [0.717, 1.165) is 36.4 Å². The summed E-state index contributed by atoms with van der Waals surface area (Å²) in [6, 6.07) is 23.7. The molecule has 2 aliphatic heterocycles. The molecule has 6 nitrogen and oxygen atoms in total. The molecule has 0 aromatic heterocycles. The van der Waals surface area contributed by atoms with Crippen molar-refractivity contribution in [1.82, 2.24) is 4.90 Å². The number of para-hydroxylation sites is 1. The van der Waals surface area contributed by atoms with Crippen LogP contribution in [0.15, 0.2) is 88.9 Å². The molecular formula is C29H28N4O2S. The molecule has 0 spiro atoms. The molecule has 5 rings (SSSR count). The Bertz CT molecular complexity index is 1370. The van der Waals surface area contributed by atoms with E-state index in [1.54, 1.807) is 24.0 Å². The van der Waals surface area contributed by atoms with Gasteiger partial charge in [0.1, 0.15) is 0 Å². The highest BCUT2D eigenvalue weighted by molar-refractivity contribution is 8.18. The molecule has 1 amide bonds. The van der Waals surface area contributed by atoms with Crippen LogP contribution in [0.4, 0.5) is 17.1 Å². The van der Waals surface area contributed by atoms with Crippen molar-refractivity contribution in [2.75, 3.05) is 23.3 Å². The number of nitrogens with one attached hydrogen (secondary N) is 1. The van der Waals surface area contributed by atoms with Crippen molar-refractivity contribution in [2.45, 2.75) is 26.8 Å². The number of hydrogen-bond acceptors (Lipinski definition) is 6. The summed E-state index contributed by atoms with van der Waals surface area (Å²) in [6.45, 7) is 5.54. The lowest BCUT2D eigenvalue weighted by molar-refractivity contribution is -0.122. The maximum absolute atomic E-state index is 13.7. The van der Waals surface area contributed by atoms with Crippen LogP contribution < -0.4 is 10.2 Å². The largest absolute Gasteiger partial charge is 0.384 e. The van der Waals surface area contributed by atoms with Gasteiger partial charge in [0, 0.05) is 30.5 Å². The van der Waals surface area contributed by atoms with Crippen molar-refractivity contribution in [3.8, 4) is 0 Å². The second-order valence-electron chi connectivity index (χ2n) is 8.76. The quantitative estimate of drug-likeness (QED) is 0.322. The zero-order valence-corrected chi connectivity index (χ0v) is 21.2. The number of thioether (sulfide) groups is 1. The fourth-order valence-corrected chi connectivity index (χ4v) is 5.39. The van der Waals surface area contributed by atoms with Crippen LogP contribution in [0.25, 0.3) is 0 Å². The number of amides is 1. The Morgan fingerprint density at radius 1 is 1.08 bits per heavy atom. The highest BCUT2D eigenvalue weighted by Gasteiger charge is 2.35. The van der Waals surface area contributed by atoms with Crippen LogP contribution in [-0.4, -0.2) is 34.8 Å². The molecule has 3 aromatic carbocycles. The number of carbonyl (C=O) groups is 2. The molecular weight excluding hydrogens is 468 g/mol. The summed E-state index contributed by atoms with van der Waals surface area (Å²) in [6.07, 6.45) is 2.91. The van der Waals surface area contributed by atoms with Gasteiger partial charge in [-0.3, -0.25) is 14.5 Å². The van der Waals surface area contributed by atoms with E-state index in [1.165, 1.54) is 17.3 Å². The molecule has 0 aliphatic carbocycles. The average Bonchev–Trinajstić information content (AvgIpc) is 3.42. The third-order valence-corrected chi connectivity index (χ3v) is 7.25. The van der Waals surface area contributed by atoms with Crippen molar-refractivity contribution in [3.63, 3.8) is 0 Å². The summed E-state index contributed by atoms with van der Waals surface area (Å²) >= 11 is 1.38. The molecule has 0 atom stereocenters. The monoisotopic (exact) mass is 496 g/mol. The Hall–Kier alpha value is -3.84. The van der Waals surface area contributed by atoms with Crippen molar-refractivity contribution in [2.24, 2.45) is 4.99 Å². The number of amidine groups is 1. The number of anilines is 2. The molecule has 2 heterocycles. The fourth-order valence-electron chi connectivity index (χ4n) is 4.41. The van der Waals surface area contributed by atoms with E-state index in [4.69, 9.17) is 4.99 Å². The molecule has 0 bridgehead atoms. The van der Waals surface area contributed by atoms with Gasteiger partial charge in [-0.1, -0.05) is 48.5 Å². The Morgan fingerprint density at radius 2 is 1.86 bits per heavy atom. The van der Waals surface area contributed by atoms with E-state index in [0.29, 0.717) is 27.9 Å². The molecule has 0 unspecified atom stereocenters. The van der Waals surface area contributed by atoms with Gasteiger partial charge < -0.3 is 10.2 Å². The molecule has 7 heteroatoms. The summed E-state index contributed by atoms with van der Waals surface area (Å²) in [5.41, 5.74) is 5.51. The van der Waals surface area contributed by atoms with Gasteiger partial charge in [0.2, 0.25) is 0 Å². The lowest BCUT2D eigenvalue weighted by Crippen LogP contribution is -2.29. The minimum Gasteiger partial charge on any atom is -0.384 e. The van der Waals surface area contributed by atoms with Crippen LogP contribution in [0.1, 0.15) is 35.3 Å². The molecule has 0 radical (unpaired) electrons. The van der Waals surface area contributed by atoms with Crippen molar-refractivity contribution in [1.29, 1.82) is 0 Å². The lowest BCUT2D eigenvalue weighted by atomic mass is 10.1. The van der Waals surface area contributed by atoms with E-state index >= 15 is 0 Å². The number of fused-ring (bicyclic) bond motifs is 1. The van der Waals surface area contributed by atoms with Gasteiger partial charge in [-0.2, -0.15) is 0 Å². The van der Waals surface area contributed by atoms with E-state index in [-0.39, 0.29) is 11.7 Å². The van der Waals surface area contributed by atoms with Gasteiger partial charge in [0.25, 0.3) is 5.91 Å². The van der Waals surface area contributed by atoms with Gasteiger partial charge in [-0.05, 0) is 67.4 Å². The first-order valence-electron chi connectivity index (χ1n) is 12.1. The molecule has 3 aromatic rings. The predicted molar refractivity (Wildman–Crippen MR) is 148 cm³/mol. The predicted octanol–water partition coefficient (Wildman–Crippen LogP) is 5.99. The first-order chi connectivity index (χ1) is 17.5. The first kappa shape index (κ1) is 23.9. The van der Waals surface area contributed by atoms with E-state index in [1.807, 2.05) is 61.7 Å². The molecule has 2 aliphatic rings. The van der Waals surface area contributed by atoms with Crippen LogP contribution in [0.3, 0.4) is 0 Å². The second-order valence-corrected chi connectivity index (χ2v) is 9.77. The first-order valence-corrected chi connectivity index (χ1v) is 12.9. The number of ketones is 1. The molecule has 1 fully saturated rings. The van der Waals surface area contributed by atoms with Gasteiger partial charge in [-0.25, -0.2) is 4.99 Å². The highest BCUT2D eigenvalue weighted by Crippen LogP contribution is 2.38. The van der Waals surface area contributed by atoms with Crippen LogP contribution >= 0.6 is 11.8 Å². The Labute approximate surface area is 215 Å². The van der Waals surface area contributed by atoms with Gasteiger partial charge in [0.05, 0.1) is 22.8 Å². The fraction of sp³-hybridized carbons (Fsp3) is 0.207. The van der Waals surface area contributed by atoms with Crippen LogP contribution in [0.2, 0.25) is 0 Å². The number of rotatable bonds is 7. The lowest BCUT2D eigenvalue weighted by Gasteiger charge is -2.17. The number of benzene rings is 3. The summed E-state index contributed by atoms with van der Waals surface area (Å²) < 4.78 is 0. The van der Waals surface area contributed by atoms with Crippen LogP contribution in [0, 0.1) is 0 Å². The third-order valence-electron chi connectivity index (χ3n) is 6.26. The average molecular weight is 497 g/mol. The summed E-state index contributed by atoms with van der Waals surface area (Å²) in [5.74, 6) is -0.0937. The zero-order chi connectivity index (χ0) is 25.1. The van der Waals surface area contributed by atoms with Crippen LogP contribution in [-0.2, 0) is 17.8 Å². The third kappa shape index (κ3) is 4.93. The topological polar surface area (TPSA) is 65.0 Å². The smallest absolute Gasteiger partial charge is 0.268 e. The normalized spacial score (nSPS) is 17.2. The highest BCUT2D eigenvalue weighted by atomic mass is 32.2. The molecule has 36 heavy (non-hydrogen) atoms. The molecule has 1 N–H and O–H groups in total. The van der Waals surface area contributed by atoms with Gasteiger partial charge in [0.15, 0.2) is 11.0 Å². The van der Waals surface area contributed by atoms with Gasteiger partial charge >= 0.3 is 0 Å². The summed E-state index contributed by atoms with van der Waals surface area (Å²) in [7, 11) is 0. The standard InChI is InChI=1S/C29H28N4O2S/c1-3-30-24-14-13-23(20(2)34)17-25(24)31-29-33(18-21-9-5-4-6-10-21)28(35)27(36-29)19-32-16-15-22-11-7-8-12-26(22)32/h4-14,17,19,30H,3,15-16,18H2,1-2H3/b27-19-,31-29+. The minimum absolute atomic E-state index is 0.0240. The second kappa shape index (κ2) is 10.4. The van der Waals surface area contributed by atoms with Crippen LogP contribution in [0.5, 0.6) is 0 Å². The van der Waals surface area contributed by atoms with E-state index in [2.05, 4.69) is 22.3 Å². The molecule has 1 saturated heterocycles. The van der Waals surface area contributed by atoms with Crippen molar-refractivity contribution < 1.29 is 9.59 Å². The van der Waals surface area contributed by atoms with E-state index < -0.39 is 0 Å². The molecule has 182 valence electrons.